The maximum Gasteiger partial charge on any atom is 0.522 e. The van der Waals surface area contributed by atoms with Gasteiger partial charge in [-0.2, -0.15) is 0 Å². The molecule has 0 aromatic carbocycles. The first kappa shape index (κ1) is 13.5. The minimum Gasteiger partial charge on any atom is -0.425 e. The molecule has 3 saturated carbocycles. The van der Waals surface area contributed by atoms with Crippen molar-refractivity contribution >= 4 is 0 Å². The smallest absolute Gasteiger partial charge is 0.425 e. The molecule has 2 N–H and O–H groups in total. The van der Waals surface area contributed by atoms with Crippen LogP contribution in [-0.2, 0) is 4.74 Å². The Kier molecular flexibility index (Phi) is 2.70. The topological polar surface area (TPSA) is 74.2 Å². The summed E-state index contributed by atoms with van der Waals surface area (Å²) < 4.78 is 45.8. The van der Waals surface area contributed by atoms with Crippen LogP contribution < -0.4 is 5.73 Å². The van der Waals surface area contributed by atoms with Gasteiger partial charge in [-0.1, -0.05) is 0 Å². The number of ether oxygens (including phenoxy) is 1. The summed E-state index contributed by atoms with van der Waals surface area (Å²) in [7, 11) is 0. The fourth-order valence-corrected chi connectivity index (χ4v) is 3.80. The molecule has 8 heteroatoms. The van der Waals surface area contributed by atoms with Gasteiger partial charge >= 0.3 is 6.36 Å². The van der Waals surface area contributed by atoms with E-state index < -0.39 is 12.5 Å². The number of rotatable bonds is 3. The summed E-state index contributed by atoms with van der Waals surface area (Å²) in [5.74, 6) is 1.56. The molecule has 21 heavy (non-hydrogen) atoms. The van der Waals surface area contributed by atoms with Crippen LogP contribution >= 0.6 is 0 Å². The highest BCUT2D eigenvalue weighted by atomic mass is 19.4. The fourth-order valence-electron chi connectivity index (χ4n) is 3.80. The quantitative estimate of drug-likeness (QED) is 0.928. The van der Waals surface area contributed by atoms with Crippen molar-refractivity contribution in [3.8, 4) is 0 Å². The molecule has 0 bridgehead atoms. The van der Waals surface area contributed by atoms with Crippen molar-refractivity contribution in [1.82, 2.24) is 10.2 Å². The van der Waals surface area contributed by atoms with Gasteiger partial charge in [-0.15, -0.1) is 23.4 Å². The van der Waals surface area contributed by atoms with Gasteiger partial charge in [0.2, 0.25) is 11.8 Å². The zero-order valence-electron chi connectivity index (χ0n) is 11.3. The van der Waals surface area contributed by atoms with Crippen molar-refractivity contribution in [3.05, 3.63) is 11.8 Å². The van der Waals surface area contributed by atoms with Gasteiger partial charge < -0.3 is 10.2 Å². The standard InChI is InChI=1S/C13H16F3N3O2/c14-13(15,16)21-7-3-6(4-7)10-18-19-11(20-10)8-5-12(17)2-1-9(8)12/h6-9H,1-5,17H2. The lowest BCUT2D eigenvalue weighted by atomic mass is 9.48. The first-order valence-corrected chi connectivity index (χ1v) is 7.21. The molecular weight excluding hydrogens is 287 g/mol. The first-order chi connectivity index (χ1) is 9.84. The lowest BCUT2D eigenvalue weighted by molar-refractivity contribution is -0.352. The van der Waals surface area contributed by atoms with E-state index in [-0.39, 0.29) is 30.2 Å². The second-order valence-corrected chi connectivity index (χ2v) is 6.52. The van der Waals surface area contributed by atoms with Gasteiger partial charge in [0.25, 0.3) is 0 Å². The number of halogens is 3. The molecule has 0 saturated heterocycles. The zero-order chi connectivity index (χ0) is 14.8. The van der Waals surface area contributed by atoms with E-state index in [0.717, 1.165) is 19.3 Å². The average molecular weight is 303 g/mol. The Hall–Kier alpha value is -1.15. The molecule has 0 spiro atoms. The van der Waals surface area contributed by atoms with Gasteiger partial charge in [-0.25, -0.2) is 0 Å². The lowest BCUT2D eigenvalue weighted by Gasteiger charge is -2.60. The highest BCUT2D eigenvalue weighted by Crippen LogP contribution is 2.60. The Bertz CT molecular complexity index is 555. The number of alkyl halides is 3. The summed E-state index contributed by atoms with van der Waals surface area (Å²) in [6, 6.07) is 0. The molecule has 4 rings (SSSR count). The summed E-state index contributed by atoms with van der Waals surface area (Å²) >= 11 is 0. The Balaban J connectivity index is 1.34. The van der Waals surface area contributed by atoms with Crippen molar-refractivity contribution in [2.75, 3.05) is 0 Å². The number of aromatic nitrogens is 2. The molecule has 116 valence electrons. The summed E-state index contributed by atoms with van der Waals surface area (Å²) in [6.45, 7) is 0. The van der Waals surface area contributed by atoms with Crippen LogP contribution in [-0.4, -0.2) is 28.2 Å². The number of nitrogens with zero attached hydrogens (tertiary/aromatic N) is 2. The number of hydrogen-bond acceptors (Lipinski definition) is 5. The number of nitrogens with two attached hydrogens (primary N) is 1. The van der Waals surface area contributed by atoms with Crippen LogP contribution in [0.3, 0.4) is 0 Å². The van der Waals surface area contributed by atoms with Gasteiger partial charge in [0.15, 0.2) is 0 Å². The van der Waals surface area contributed by atoms with E-state index in [1.54, 1.807) is 0 Å². The SMILES string of the molecule is NC12CCC1C(c1nnc(C3CC(OC(F)(F)F)C3)o1)C2. The fraction of sp³-hybridized carbons (Fsp3) is 0.846. The predicted octanol–water partition coefficient (Wildman–Crippen LogP) is 2.45. The van der Waals surface area contributed by atoms with Gasteiger partial charge in [0.1, 0.15) is 0 Å². The minimum absolute atomic E-state index is 0.0403. The van der Waals surface area contributed by atoms with E-state index in [1.165, 1.54) is 0 Å². The molecule has 3 atom stereocenters. The van der Waals surface area contributed by atoms with Crippen molar-refractivity contribution in [2.45, 2.75) is 61.9 Å². The summed E-state index contributed by atoms with van der Waals surface area (Å²) in [5, 5.41) is 8.04. The Morgan fingerprint density at radius 3 is 2.48 bits per heavy atom. The molecule has 0 amide bonds. The third-order valence-electron chi connectivity index (χ3n) is 5.26. The zero-order valence-corrected chi connectivity index (χ0v) is 11.3. The normalized spacial score (nSPS) is 41.7. The van der Waals surface area contributed by atoms with Gasteiger partial charge in [-0.3, -0.25) is 4.74 Å². The van der Waals surface area contributed by atoms with Crippen LogP contribution in [0.25, 0.3) is 0 Å². The van der Waals surface area contributed by atoms with Gasteiger partial charge in [0.05, 0.1) is 6.10 Å². The molecule has 3 aliphatic carbocycles. The van der Waals surface area contributed by atoms with Gasteiger partial charge in [0, 0.05) is 17.4 Å². The summed E-state index contributed by atoms with van der Waals surface area (Å²) in [6.07, 6.45) is -1.82. The van der Waals surface area contributed by atoms with E-state index in [2.05, 4.69) is 14.9 Å². The predicted molar refractivity (Wildman–Crippen MR) is 64.2 cm³/mol. The summed E-state index contributed by atoms with van der Waals surface area (Å²) in [4.78, 5) is 0. The molecule has 0 aliphatic heterocycles. The lowest BCUT2D eigenvalue weighted by Crippen LogP contribution is -2.66. The highest BCUT2D eigenvalue weighted by Gasteiger charge is 2.59. The van der Waals surface area contributed by atoms with Crippen molar-refractivity contribution in [3.63, 3.8) is 0 Å². The molecule has 3 unspecified atom stereocenters. The third-order valence-corrected chi connectivity index (χ3v) is 5.26. The van der Waals surface area contributed by atoms with Gasteiger partial charge in [-0.05, 0) is 38.0 Å². The Morgan fingerprint density at radius 1 is 1.24 bits per heavy atom. The van der Waals surface area contributed by atoms with Crippen LogP contribution in [0, 0.1) is 5.92 Å². The van der Waals surface area contributed by atoms with E-state index in [4.69, 9.17) is 10.2 Å². The molecule has 3 aliphatic rings. The second-order valence-electron chi connectivity index (χ2n) is 6.52. The number of hydrogen-bond donors (Lipinski definition) is 1. The maximum atomic E-state index is 12.1. The summed E-state index contributed by atoms with van der Waals surface area (Å²) in [5.41, 5.74) is 6.11. The molecule has 1 heterocycles. The van der Waals surface area contributed by atoms with Crippen molar-refractivity contribution < 1.29 is 22.3 Å². The molecule has 1 aromatic rings. The minimum atomic E-state index is -4.57. The van der Waals surface area contributed by atoms with Crippen molar-refractivity contribution in [1.29, 1.82) is 0 Å². The maximum absolute atomic E-state index is 12.1. The molecular formula is C13H16F3N3O2. The van der Waals surface area contributed by atoms with Crippen LogP contribution in [0.2, 0.25) is 0 Å². The number of fused-ring (bicyclic) bond motifs is 1. The van der Waals surface area contributed by atoms with Crippen LogP contribution in [0.1, 0.15) is 55.7 Å². The van der Waals surface area contributed by atoms with E-state index in [9.17, 15) is 13.2 Å². The molecule has 0 radical (unpaired) electrons. The van der Waals surface area contributed by atoms with E-state index in [1.807, 2.05) is 0 Å². The van der Waals surface area contributed by atoms with E-state index in [0.29, 0.717) is 17.7 Å². The molecule has 3 fully saturated rings. The van der Waals surface area contributed by atoms with Crippen LogP contribution in [0.5, 0.6) is 0 Å². The van der Waals surface area contributed by atoms with Crippen molar-refractivity contribution in [2.24, 2.45) is 11.7 Å². The Morgan fingerprint density at radius 2 is 1.95 bits per heavy atom. The van der Waals surface area contributed by atoms with E-state index >= 15 is 0 Å². The largest absolute Gasteiger partial charge is 0.522 e. The first-order valence-electron chi connectivity index (χ1n) is 7.21. The van der Waals surface area contributed by atoms with Crippen LogP contribution in [0.15, 0.2) is 4.42 Å². The average Bonchev–Trinajstić information content (AvgIpc) is 2.79. The third kappa shape index (κ3) is 2.15. The van der Waals surface area contributed by atoms with Crippen LogP contribution in [0.4, 0.5) is 13.2 Å². The molecule has 5 nitrogen and oxygen atoms in total. The second kappa shape index (κ2) is 4.19. The highest BCUT2D eigenvalue weighted by molar-refractivity contribution is 5.21. The molecule has 1 aromatic heterocycles. The monoisotopic (exact) mass is 303 g/mol. The Labute approximate surface area is 119 Å².